The number of benzene rings is 1. The van der Waals surface area contributed by atoms with Crippen molar-refractivity contribution in [1.29, 1.82) is 0 Å². The van der Waals surface area contributed by atoms with Gasteiger partial charge < -0.3 is 10.4 Å². The summed E-state index contributed by atoms with van der Waals surface area (Å²) in [5, 5.41) is 13.3. The van der Waals surface area contributed by atoms with Crippen molar-refractivity contribution in [3.8, 4) is 0 Å². The van der Waals surface area contributed by atoms with E-state index in [1.807, 2.05) is 6.07 Å². The number of nitrogens with zero attached hydrogens (tertiary/aromatic N) is 1. The van der Waals surface area contributed by atoms with Gasteiger partial charge in [-0.3, -0.25) is 4.90 Å². The highest BCUT2D eigenvalue weighted by atomic mass is 16.3. The fourth-order valence-corrected chi connectivity index (χ4v) is 2.84. The lowest BCUT2D eigenvalue weighted by Gasteiger charge is -2.44. The van der Waals surface area contributed by atoms with E-state index in [2.05, 4.69) is 41.4 Å². The van der Waals surface area contributed by atoms with Crippen LogP contribution in [0.5, 0.6) is 0 Å². The van der Waals surface area contributed by atoms with Crippen molar-refractivity contribution in [2.45, 2.75) is 25.3 Å². The number of nitrogens with one attached hydrogen (secondary N) is 1. The van der Waals surface area contributed by atoms with Gasteiger partial charge in [0.25, 0.3) is 0 Å². The van der Waals surface area contributed by atoms with E-state index in [-0.39, 0.29) is 12.1 Å². The summed E-state index contributed by atoms with van der Waals surface area (Å²) in [6.45, 7) is 6.52. The molecule has 2 N–H and O–H groups in total. The lowest BCUT2D eigenvalue weighted by molar-refractivity contribution is 0.0172. The molecule has 1 fully saturated rings. The van der Waals surface area contributed by atoms with Gasteiger partial charge in [-0.1, -0.05) is 37.3 Å². The zero-order valence-corrected chi connectivity index (χ0v) is 11.2. The lowest BCUT2D eigenvalue weighted by atomic mass is 9.86. The second kappa shape index (κ2) is 6.32. The van der Waals surface area contributed by atoms with Crippen molar-refractivity contribution >= 4 is 0 Å². The third kappa shape index (κ3) is 2.91. The molecule has 0 radical (unpaired) electrons. The minimum atomic E-state index is -0.0938. The predicted octanol–water partition coefficient (Wildman–Crippen LogP) is 1.28. The maximum absolute atomic E-state index is 9.93. The van der Waals surface area contributed by atoms with Crippen LogP contribution in [0, 0.1) is 0 Å². The van der Waals surface area contributed by atoms with Gasteiger partial charge in [0, 0.05) is 31.7 Å². The normalized spacial score (nSPS) is 20.6. The number of piperazine rings is 1. The summed E-state index contributed by atoms with van der Waals surface area (Å²) < 4.78 is 0. The zero-order chi connectivity index (χ0) is 12.8. The molecule has 3 nitrogen and oxygen atoms in total. The standard InChI is InChI=1S/C15H24N2O/c1-2-15(13-18,17-10-8-16-9-11-17)12-14-6-4-3-5-7-14/h3-7,16,18H,2,8-13H2,1H3. The van der Waals surface area contributed by atoms with Crippen molar-refractivity contribution < 1.29 is 5.11 Å². The SMILES string of the molecule is CCC(CO)(Cc1ccccc1)N1CCNCC1. The van der Waals surface area contributed by atoms with Crippen molar-refractivity contribution in [2.24, 2.45) is 0 Å². The molecule has 1 saturated heterocycles. The molecular formula is C15H24N2O. The van der Waals surface area contributed by atoms with Gasteiger partial charge in [-0.05, 0) is 18.4 Å². The summed E-state index contributed by atoms with van der Waals surface area (Å²) in [4.78, 5) is 2.45. The lowest BCUT2D eigenvalue weighted by Crippen LogP contribution is -2.59. The third-order valence-corrected chi connectivity index (χ3v) is 4.12. The molecule has 100 valence electrons. The van der Waals surface area contributed by atoms with Gasteiger partial charge in [0.15, 0.2) is 0 Å². The van der Waals surface area contributed by atoms with Gasteiger partial charge in [0.1, 0.15) is 0 Å². The van der Waals surface area contributed by atoms with Crippen LogP contribution in [0.4, 0.5) is 0 Å². The average Bonchev–Trinajstić information content (AvgIpc) is 2.47. The Kier molecular flexibility index (Phi) is 4.75. The Balaban J connectivity index is 2.14. The van der Waals surface area contributed by atoms with Crippen molar-refractivity contribution in [2.75, 3.05) is 32.8 Å². The van der Waals surface area contributed by atoms with E-state index in [1.165, 1.54) is 5.56 Å². The molecule has 1 aliphatic heterocycles. The molecule has 0 aliphatic carbocycles. The summed E-state index contributed by atoms with van der Waals surface area (Å²) in [5.74, 6) is 0. The maximum Gasteiger partial charge on any atom is 0.0618 e. The summed E-state index contributed by atoms with van der Waals surface area (Å²) in [7, 11) is 0. The van der Waals surface area contributed by atoms with Crippen LogP contribution in [0.3, 0.4) is 0 Å². The molecule has 1 aliphatic rings. The van der Waals surface area contributed by atoms with Crippen molar-refractivity contribution in [3.63, 3.8) is 0 Å². The monoisotopic (exact) mass is 248 g/mol. The van der Waals surface area contributed by atoms with Crippen LogP contribution in [-0.2, 0) is 6.42 Å². The molecular weight excluding hydrogens is 224 g/mol. The van der Waals surface area contributed by atoms with Crippen molar-refractivity contribution in [1.82, 2.24) is 10.2 Å². The highest BCUT2D eigenvalue weighted by molar-refractivity contribution is 5.18. The smallest absolute Gasteiger partial charge is 0.0618 e. The van der Waals surface area contributed by atoms with Gasteiger partial charge in [0.2, 0.25) is 0 Å². The molecule has 0 amide bonds. The predicted molar refractivity (Wildman–Crippen MR) is 74.7 cm³/mol. The molecule has 1 aromatic carbocycles. The van der Waals surface area contributed by atoms with Crippen LogP contribution in [0.15, 0.2) is 30.3 Å². The molecule has 2 rings (SSSR count). The Morgan fingerprint density at radius 2 is 1.89 bits per heavy atom. The van der Waals surface area contributed by atoms with E-state index in [1.54, 1.807) is 0 Å². The number of hydrogen-bond acceptors (Lipinski definition) is 3. The van der Waals surface area contributed by atoms with E-state index in [0.717, 1.165) is 39.0 Å². The van der Waals surface area contributed by atoms with Gasteiger partial charge in [0.05, 0.1) is 6.61 Å². The van der Waals surface area contributed by atoms with E-state index in [4.69, 9.17) is 0 Å². The topological polar surface area (TPSA) is 35.5 Å². The molecule has 18 heavy (non-hydrogen) atoms. The van der Waals surface area contributed by atoms with Crippen LogP contribution < -0.4 is 5.32 Å². The fourth-order valence-electron chi connectivity index (χ4n) is 2.84. The van der Waals surface area contributed by atoms with E-state index < -0.39 is 0 Å². The quantitative estimate of drug-likeness (QED) is 0.824. The first-order chi connectivity index (χ1) is 8.80. The summed E-state index contributed by atoms with van der Waals surface area (Å²) in [5.41, 5.74) is 1.22. The van der Waals surface area contributed by atoms with Crippen LogP contribution in [0.1, 0.15) is 18.9 Å². The average molecular weight is 248 g/mol. The van der Waals surface area contributed by atoms with E-state index >= 15 is 0 Å². The molecule has 3 heteroatoms. The fraction of sp³-hybridized carbons (Fsp3) is 0.600. The number of rotatable bonds is 5. The van der Waals surface area contributed by atoms with Crippen molar-refractivity contribution in [3.05, 3.63) is 35.9 Å². The molecule has 1 unspecified atom stereocenters. The zero-order valence-electron chi connectivity index (χ0n) is 11.2. The number of aliphatic hydroxyl groups excluding tert-OH is 1. The minimum Gasteiger partial charge on any atom is -0.394 e. The molecule has 0 bridgehead atoms. The first-order valence-corrected chi connectivity index (χ1v) is 6.91. The Bertz CT molecular complexity index is 343. The largest absolute Gasteiger partial charge is 0.394 e. The third-order valence-electron chi connectivity index (χ3n) is 4.12. The number of hydrogen-bond donors (Lipinski definition) is 2. The Morgan fingerprint density at radius 1 is 1.22 bits per heavy atom. The van der Waals surface area contributed by atoms with Gasteiger partial charge in [-0.15, -0.1) is 0 Å². The van der Waals surface area contributed by atoms with Gasteiger partial charge in [-0.2, -0.15) is 0 Å². The van der Waals surface area contributed by atoms with Crippen LogP contribution in [0.2, 0.25) is 0 Å². The minimum absolute atomic E-state index is 0.0938. The second-order valence-electron chi connectivity index (χ2n) is 5.14. The summed E-state index contributed by atoms with van der Waals surface area (Å²) in [6, 6.07) is 10.5. The first kappa shape index (κ1) is 13.5. The van der Waals surface area contributed by atoms with Gasteiger partial charge >= 0.3 is 0 Å². The van der Waals surface area contributed by atoms with Crippen LogP contribution >= 0.6 is 0 Å². The Morgan fingerprint density at radius 3 is 2.44 bits per heavy atom. The second-order valence-corrected chi connectivity index (χ2v) is 5.14. The molecule has 1 heterocycles. The molecule has 0 spiro atoms. The molecule has 0 aromatic heterocycles. The number of aliphatic hydroxyl groups is 1. The summed E-state index contributed by atoms with van der Waals surface area (Å²) in [6.07, 6.45) is 1.92. The highest BCUT2D eigenvalue weighted by Gasteiger charge is 2.35. The maximum atomic E-state index is 9.93. The molecule has 1 atom stereocenters. The van der Waals surface area contributed by atoms with Crippen LogP contribution in [-0.4, -0.2) is 48.3 Å². The molecule has 0 saturated carbocycles. The Hall–Kier alpha value is -0.900. The van der Waals surface area contributed by atoms with E-state index in [9.17, 15) is 5.11 Å². The van der Waals surface area contributed by atoms with Crippen LogP contribution in [0.25, 0.3) is 0 Å². The highest BCUT2D eigenvalue weighted by Crippen LogP contribution is 2.25. The first-order valence-electron chi connectivity index (χ1n) is 6.91. The Labute approximate surface area is 110 Å². The van der Waals surface area contributed by atoms with E-state index in [0.29, 0.717) is 0 Å². The molecule has 1 aromatic rings. The van der Waals surface area contributed by atoms with Gasteiger partial charge in [-0.25, -0.2) is 0 Å². The summed E-state index contributed by atoms with van der Waals surface area (Å²) >= 11 is 0.